The number of ether oxygens (including phenoxy) is 1. The number of carbonyl (C=O) groups is 4. The van der Waals surface area contributed by atoms with E-state index in [1.54, 1.807) is 0 Å². The van der Waals surface area contributed by atoms with E-state index in [-0.39, 0.29) is 12.4 Å². The first-order valence-electron chi connectivity index (χ1n) is 21.4. The van der Waals surface area contributed by atoms with Gasteiger partial charge >= 0.3 is 11.9 Å². The van der Waals surface area contributed by atoms with Gasteiger partial charge in [0.2, 0.25) is 11.8 Å². The van der Waals surface area contributed by atoms with E-state index < -0.39 is 48.2 Å². The van der Waals surface area contributed by atoms with Gasteiger partial charge in [0.05, 0.1) is 18.6 Å². The van der Waals surface area contributed by atoms with Crippen LogP contribution in [0.2, 0.25) is 0 Å². The first kappa shape index (κ1) is 49.8. The largest absolute Gasteiger partial charge is 0.480 e. The molecule has 0 aliphatic carbocycles. The van der Waals surface area contributed by atoms with E-state index in [9.17, 15) is 34.5 Å². The molecular weight excluding hydrogens is 660 g/mol. The summed E-state index contributed by atoms with van der Waals surface area (Å²) in [6.07, 6.45) is 28.8. The molecule has 0 radical (unpaired) electrons. The lowest BCUT2D eigenvalue weighted by atomic mass is 10.0. The average Bonchev–Trinajstić information content (AvgIpc) is 3.09. The van der Waals surface area contributed by atoms with Gasteiger partial charge in [-0.25, -0.2) is 4.79 Å². The number of hydrogen-bond acceptors (Lipinski definition) is 7. The van der Waals surface area contributed by atoms with E-state index in [1.165, 1.54) is 136 Å². The van der Waals surface area contributed by atoms with E-state index in [2.05, 4.69) is 24.5 Å². The highest BCUT2D eigenvalue weighted by Gasteiger charge is 2.32. The van der Waals surface area contributed by atoms with Gasteiger partial charge in [-0.2, -0.15) is 0 Å². The number of amides is 2. The Bertz CT molecular complexity index is 897. The molecule has 0 rings (SSSR count). The molecule has 0 aromatic rings. The Morgan fingerprint density at radius 1 is 0.519 bits per heavy atom. The molecule has 10 nitrogen and oxygen atoms in total. The maximum absolute atomic E-state index is 13.1. The van der Waals surface area contributed by atoms with Crippen molar-refractivity contribution in [1.82, 2.24) is 10.6 Å². The minimum atomic E-state index is -1.60. The molecule has 0 saturated heterocycles. The molecule has 306 valence electrons. The summed E-state index contributed by atoms with van der Waals surface area (Å²) in [6, 6.07) is -3.04. The van der Waals surface area contributed by atoms with Crippen LogP contribution in [-0.4, -0.2) is 69.5 Å². The summed E-state index contributed by atoms with van der Waals surface area (Å²) < 4.78 is 5.79. The van der Waals surface area contributed by atoms with Gasteiger partial charge in [0.1, 0.15) is 12.1 Å². The van der Waals surface area contributed by atoms with Gasteiger partial charge in [0, 0.05) is 6.42 Å². The van der Waals surface area contributed by atoms with Gasteiger partial charge in [-0.1, -0.05) is 168 Å². The lowest BCUT2D eigenvalue weighted by Crippen LogP contribution is -2.58. The molecule has 52 heavy (non-hydrogen) atoms. The Balaban J connectivity index is 4.77. The third-order valence-electron chi connectivity index (χ3n) is 9.95. The standard InChI is InChI=1S/C42H80N2O8/c1-5-7-9-11-13-15-17-19-21-23-25-27-29-31-36(33-37(47)43-39(34(3)45)41(49)44-40(35(4)46)42(50)51)52-38(48)32-30-28-26-24-22-20-18-16-14-12-10-8-6-2/h34-36,39-40,45-46H,5-33H2,1-4H3,(H,43,47)(H,44,49)(H,50,51)/t34?,35?,36?,39-,40-/m0/s1. The first-order chi connectivity index (χ1) is 25.0. The third kappa shape index (κ3) is 29.3. The van der Waals surface area contributed by atoms with Crippen molar-refractivity contribution < 1.29 is 39.2 Å². The fraction of sp³-hybridized carbons (Fsp3) is 0.905. The summed E-state index contributed by atoms with van der Waals surface area (Å²) in [6.45, 7) is 7.02. The normalized spacial score (nSPS) is 14.3. The van der Waals surface area contributed by atoms with Crippen LogP contribution in [0.5, 0.6) is 0 Å². The van der Waals surface area contributed by atoms with Crippen LogP contribution in [0.25, 0.3) is 0 Å². The van der Waals surface area contributed by atoms with Crippen LogP contribution < -0.4 is 10.6 Å². The van der Waals surface area contributed by atoms with Gasteiger partial charge < -0.3 is 30.7 Å². The number of hydrogen-bond donors (Lipinski definition) is 5. The number of carboxylic acid groups (broad SMARTS) is 1. The van der Waals surface area contributed by atoms with Crippen LogP contribution in [0.3, 0.4) is 0 Å². The first-order valence-corrected chi connectivity index (χ1v) is 21.4. The Labute approximate surface area is 317 Å². The zero-order chi connectivity index (χ0) is 38.8. The number of rotatable bonds is 37. The zero-order valence-corrected chi connectivity index (χ0v) is 33.8. The average molecular weight is 741 g/mol. The number of unbranched alkanes of at least 4 members (excludes halogenated alkanes) is 24. The Morgan fingerprint density at radius 3 is 1.25 bits per heavy atom. The summed E-state index contributed by atoms with van der Waals surface area (Å²) in [5.41, 5.74) is 0. The second-order valence-corrected chi connectivity index (χ2v) is 15.2. The van der Waals surface area contributed by atoms with Gasteiger partial charge in [-0.3, -0.25) is 14.4 Å². The highest BCUT2D eigenvalue weighted by Crippen LogP contribution is 2.18. The minimum absolute atomic E-state index is 0.169. The summed E-state index contributed by atoms with van der Waals surface area (Å²) in [5.74, 6) is -3.28. The summed E-state index contributed by atoms with van der Waals surface area (Å²) in [5, 5.41) is 33.9. The van der Waals surface area contributed by atoms with Crippen LogP contribution in [-0.2, 0) is 23.9 Å². The van der Waals surface area contributed by atoms with Crippen molar-refractivity contribution in [3.8, 4) is 0 Å². The number of aliphatic hydroxyl groups excluding tert-OH is 2. The fourth-order valence-electron chi connectivity index (χ4n) is 6.60. The molecule has 5 atom stereocenters. The zero-order valence-electron chi connectivity index (χ0n) is 33.8. The number of aliphatic carboxylic acids is 1. The van der Waals surface area contributed by atoms with Crippen molar-refractivity contribution in [3.63, 3.8) is 0 Å². The molecule has 0 fully saturated rings. The monoisotopic (exact) mass is 741 g/mol. The number of esters is 1. The SMILES string of the molecule is CCCCCCCCCCCCCCCC(=O)OC(CCCCCCCCCCCCCCC)CC(=O)N[C@H](C(=O)N[C@H](C(=O)O)C(C)O)C(C)O. The number of aliphatic hydroxyl groups is 2. The summed E-state index contributed by atoms with van der Waals surface area (Å²) in [7, 11) is 0. The summed E-state index contributed by atoms with van der Waals surface area (Å²) in [4.78, 5) is 50.1. The molecule has 0 heterocycles. The molecule has 0 spiro atoms. The van der Waals surface area contributed by atoms with Gasteiger partial charge in [-0.15, -0.1) is 0 Å². The van der Waals surface area contributed by atoms with Crippen molar-refractivity contribution in [3.05, 3.63) is 0 Å². The molecule has 5 N–H and O–H groups in total. The van der Waals surface area contributed by atoms with E-state index in [4.69, 9.17) is 4.74 Å². The molecular formula is C42H80N2O8. The lowest BCUT2D eigenvalue weighted by Gasteiger charge is -2.25. The van der Waals surface area contributed by atoms with Gasteiger partial charge in [-0.05, 0) is 33.1 Å². The second-order valence-electron chi connectivity index (χ2n) is 15.2. The lowest BCUT2D eigenvalue weighted by molar-refractivity contribution is -0.151. The van der Waals surface area contributed by atoms with Crippen molar-refractivity contribution in [1.29, 1.82) is 0 Å². The van der Waals surface area contributed by atoms with Crippen LogP contribution in [0.1, 0.15) is 214 Å². The van der Waals surface area contributed by atoms with Gasteiger partial charge in [0.15, 0.2) is 6.04 Å². The highest BCUT2D eigenvalue weighted by atomic mass is 16.5. The van der Waals surface area contributed by atoms with Gasteiger partial charge in [0.25, 0.3) is 0 Å². The highest BCUT2D eigenvalue weighted by molar-refractivity contribution is 5.91. The molecule has 0 aromatic heterocycles. The van der Waals surface area contributed by atoms with Crippen LogP contribution >= 0.6 is 0 Å². The van der Waals surface area contributed by atoms with E-state index in [0.29, 0.717) is 12.8 Å². The van der Waals surface area contributed by atoms with E-state index in [0.717, 1.165) is 44.9 Å². The number of carbonyl (C=O) groups excluding carboxylic acids is 3. The van der Waals surface area contributed by atoms with Crippen LogP contribution in [0, 0.1) is 0 Å². The van der Waals surface area contributed by atoms with Crippen molar-refractivity contribution >= 4 is 23.8 Å². The Hall–Kier alpha value is -2.20. The third-order valence-corrected chi connectivity index (χ3v) is 9.95. The van der Waals surface area contributed by atoms with Crippen molar-refractivity contribution in [2.75, 3.05) is 0 Å². The molecule has 0 saturated carbocycles. The molecule has 0 bridgehead atoms. The van der Waals surface area contributed by atoms with E-state index in [1.807, 2.05) is 0 Å². The molecule has 3 unspecified atom stereocenters. The smallest absolute Gasteiger partial charge is 0.328 e. The van der Waals surface area contributed by atoms with Crippen molar-refractivity contribution in [2.24, 2.45) is 0 Å². The van der Waals surface area contributed by atoms with Crippen LogP contribution in [0.15, 0.2) is 0 Å². The predicted molar refractivity (Wildman–Crippen MR) is 210 cm³/mol. The maximum atomic E-state index is 13.1. The molecule has 0 aromatic carbocycles. The van der Waals surface area contributed by atoms with Crippen LogP contribution in [0.4, 0.5) is 0 Å². The second kappa shape index (κ2) is 34.6. The topological polar surface area (TPSA) is 162 Å². The molecule has 0 aliphatic rings. The Kier molecular flexibility index (Phi) is 33.1. The quantitative estimate of drug-likeness (QED) is 0.0311. The molecule has 10 heteroatoms. The predicted octanol–water partition coefficient (Wildman–Crippen LogP) is 9.07. The molecule has 2 amide bonds. The molecule has 0 aliphatic heterocycles. The fourth-order valence-corrected chi connectivity index (χ4v) is 6.60. The minimum Gasteiger partial charge on any atom is -0.480 e. The Morgan fingerprint density at radius 2 is 0.885 bits per heavy atom. The summed E-state index contributed by atoms with van der Waals surface area (Å²) >= 11 is 0. The van der Waals surface area contributed by atoms with Crippen molar-refractivity contribution in [2.45, 2.75) is 244 Å². The number of nitrogens with one attached hydrogen (secondary N) is 2. The van der Waals surface area contributed by atoms with E-state index >= 15 is 0 Å². The number of carboxylic acids is 1. The maximum Gasteiger partial charge on any atom is 0.328 e.